The second-order valence-corrected chi connectivity index (χ2v) is 5.47. The summed E-state index contributed by atoms with van der Waals surface area (Å²) in [7, 11) is 0. The van der Waals surface area contributed by atoms with Crippen LogP contribution in [0.3, 0.4) is 0 Å². The molecule has 1 aliphatic heterocycles. The maximum Gasteiger partial charge on any atom is 0.254 e. The average Bonchev–Trinajstić information content (AvgIpc) is 2.61. The first-order chi connectivity index (χ1) is 11.2. The lowest BCUT2D eigenvalue weighted by Gasteiger charge is -2.35. The summed E-state index contributed by atoms with van der Waals surface area (Å²) >= 11 is 0. The summed E-state index contributed by atoms with van der Waals surface area (Å²) in [4.78, 5) is 24.5. The Morgan fingerprint density at radius 1 is 1.22 bits per heavy atom. The summed E-state index contributed by atoms with van der Waals surface area (Å²) in [6.45, 7) is 4.27. The Balaban J connectivity index is 1.69. The van der Waals surface area contributed by atoms with Crippen LogP contribution in [0.2, 0.25) is 0 Å². The lowest BCUT2D eigenvalue weighted by molar-refractivity contribution is 0.0745. The molecule has 120 valence electrons. The maximum atomic E-state index is 13.8. The summed E-state index contributed by atoms with van der Waals surface area (Å²) < 4.78 is 13.8. The predicted molar refractivity (Wildman–Crippen MR) is 85.9 cm³/mol. The Kier molecular flexibility index (Phi) is 4.50. The summed E-state index contributed by atoms with van der Waals surface area (Å²) in [5.74, 6) is 0.0535. The van der Waals surface area contributed by atoms with E-state index in [1.807, 2.05) is 16.7 Å². The zero-order chi connectivity index (χ0) is 16.2. The van der Waals surface area contributed by atoms with Crippen LogP contribution in [0.1, 0.15) is 22.8 Å². The third-order valence-electron chi connectivity index (χ3n) is 4.12. The van der Waals surface area contributed by atoms with E-state index >= 15 is 0 Å². The lowest BCUT2D eigenvalue weighted by atomic mass is 10.1. The Labute approximate surface area is 134 Å². The van der Waals surface area contributed by atoms with Gasteiger partial charge >= 0.3 is 0 Å². The van der Waals surface area contributed by atoms with Crippen LogP contribution in [0.4, 0.5) is 10.2 Å². The van der Waals surface area contributed by atoms with Crippen molar-refractivity contribution in [3.05, 3.63) is 53.7 Å². The molecule has 3 heterocycles. The molecule has 2 aromatic rings. The van der Waals surface area contributed by atoms with E-state index in [1.165, 1.54) is 6.07 Å². The van der Waals surface area contributed by atoms with Gasteiger partial charge in [0.1, 0.15) is 0 Å². The molecule has 1 saturated heterocycles. The number of piperazine rings is 1. The van der Waals surface area contributed by atoms with Gasteiger partial charge in [0, 0.05) is 50.3 Å². The molecular formula is C17H19FN4O. The molecule has 0 atom stereocenters. The van der Waals surface area contributed by atoms with Crippen molar-refractivity contribution in [3.8, 4) is 0 Å². The average molecular weight is 314 g/mol. The molecule has 2 aromatic heterocycles. The van der Waals surface area contributed by atoms with Crippen LogP contribution in [0.5, 0.6) is 0 Å². The maximum absolute atomic E-state index is 13.8. The number of rotatable bonds is 3. The minimum Gasteiger partial charge on any atom is -0.351 e. The largest absolute Gasteiger partial charge is 0.351 e. The molecule has 23 heavy (non-hydrogen) atoms. The summed E-state index contributed by atoms with van der Waals surface area (Å²) in [5.41, 5.74) is 1.66. The molecule has 0 aliphatic carbocycles. The van der Waals surface area contributed by atoms with Gasteiger partial charge in [0.05, 0.1) is 0 Å². The number of aromatic nitrogens is 2. The highest BCUT2D eigenvalue weighted by atomic mass is 19.1. The van der Waals surface area contributed by atoms with E-state index in [1.54, 1.807) is 30.7 Å². The van der Waals surface area contributed by atoms with Gasteiger partial charge in [-0.2, -0.15) is 0 Å². The van der Waals surface area contributed by atoms with Crippen molar-refractivity contribution >= 4 is 11.7 Å². The molecule has 6 heteroatoms. The highest BCUT2D eigenvalue weighted by molar-refractivity contribution is 5.95. The number of aryl methyl sites for hydroxylation is 1. The monoisotopic (exact) mass is 314 g/mol. The van der Waals surface area contributed by atoms with E-state index in [-0.39, 0.29) is 11.7 Å². The van der Waals surface area contributed by atoms with Crippen LogP contribution in [0.15, 0.2) is 36.8 Å². The van der Waals surface area contributed by atoms with Gasteiger partial charge in [0.25, 0.3) is 5.91 Å². The number of carbonyl (C=O) groups is 1. The minimum atomic E-state index is -0.324. The van der Waals surface area contributed by atoms with Gasteiger partial charge in [-0.1, -0.05) is 6.92 Å². The Hall–Kier alpha value is -2.50. The molecule has 1 aliphatic rings. The van der Waals surface area contributed by atoms with Gasteiger partial charge in [0.2, 0.25) is 0 Å². The van der Waals surface area contributed by atoms with Crippen LogP contribution >= 0.6 is 0 Å². The van der Waals surface area contributed by atoms with Gasteiger partial charge in [-0.05, 0) is 30.2 Å². The molecule has 0 spiro atoms. The van der Waals surface area contributed by atoms with Crippen LogP contribution in [0, 0.1) is 5.82 Å². The van der Waals surface area contributed by atoms with Crippen LogP contribution in [-0.4, -0.2) is 47.0 Å². The number of nitrogens with zero attached hydrogens (tertiary/aromatic N) is 4. The molecule has 0 bridgehead atoms. The summed E-state index contributed by atoms with van der Waals surface area (Å²) in [5, 5.41) is 0. The SMILES string of the molecule is CCc1cnccc1C(=O)N1CCN(c2ncccc2F)CC1. The molecule has 0 N–H and O–H groups in total. The molecule has 3 rings (SSSR count). The fourth-order valence-corrected chi connectivity index (χ4v) is 2.82. The third kappa shape index (κ3) is 3.16. The van der Waals surface area contributed by atoms with Crippen LogP contribution in [-0.2, 0) is 6.42 Å². The molecule has 0 radical (unpaired) electrons. The second-order valence-electron chi connectivity index (χ2n) is 5.47. The predicted octanol–water partition coefficient (Wildman–Crippen LogP) is 2.14. The van der Waals surface area contributed by atoms with E-state index in [0.717, 1.165) is 12.0 Å². The number of hydrogen-bond acceptors (Lipinski definition) is 4. The Morgan fingerprint density at radius 3 is 2.70 bits per heavy atom. The summed E-state index contributed by atoms with van der Waals surface area (Å²) in [6, 6.07) is 4.75. The molecular weight excluding hydrogens is 295 g/mol. The van der Waals surface area contributed by atoms with E-state index in [0.29, 0.717) is 37.6 Å². The van der Waals surface area contributed by atoms with Crippen molar-refractivity contribution < 1.29 is 9.18 Å². The van der Waals surface area contributed by atoms with E-state index in [9.17, 15) is 9.18 Å². The number of amides is 1. The standard InChI is InChI=1S/C17H19FN4O/c1-2-13-12-19-7-5-14(13)17(23)22-10-8-21(9-11-22)16-15(18)4-3-6-20-16/h3-7,12H,2,8-11H2,1H3. The third-order valence-corrected chi connectivity index (χ3v) is 4.12. The molecule has 5 nitrogen and oxygen atoms in total. The van der Waals surface area contributed by atoms with E-state index < -0.39 is 0 Å². The summed E-state index contributed by atoms with van der Waals surface area (Å²) in [6.07, 6.45) is 5.74. The van der Waals surface area contributed by atoms with Gasteiger partial charge < -0.3 is 9.80 Å². The van der Waals surface area contributed by atoms with E-state index in [4.69, 9.17) is 0 Å². The van der Waals surface area contributed by atoms with Crippen molar-refractivity contribution in [2.75, 3.05) is 31.1 Å². The minimum absolute atomic E-state index is 0.0189. The first-order valence-electron chi connectivity index (χ1n) is 7.78. The molecule has 0 aromatic carbocycles. The van der Waals surface area contributed by atoms with Crippen molar-refractivity contribution in [3.63, 3.8) is 0 Å². The first-order valence-corrected chi connectivity index (χ1v) is 7.78. The van der Waals surface area contributed by atoms with Crippen molar-refractivity contribution in [2.45, 2.75) is 13.3 Å². The highest BCUT2D eigenvalue weighted by Gasteiger charge is 2.25. The number of anilines is 1. The topological polar surface area (TPSA) is 49.3 Å². The number of pyridine rings is 2. The first kappa shape index (κ1) is 15.4. The van der Waals surface area contributed by atoms with Crippen molar-refractivity contribution in [1.82, 2.24) is 14.9 Å². The van der Waals surface area contributed by atoms with Crippen LogP contribution < -0.4 is 4.90 Å². The fourth-order valence-electron chi connectivity index (χ4n) is 2.82. The fraction of sp³-hybridized carbons (Fsp3) is 0.353. The smallest absolute Gasteiger partial charge is 0.254 e. The zero-order valence-electron chi connectivity index (χ0n) is 13.1. The van der Waals surface area contributed by atoms with Gasteiger partial charge in [-0.3, -0.25) is 9.78 Å². The van der Waals surface area contributed by atoms with Gasteiger partial charge in [0.15, 0.2) is 11.6 Å². The lowest BCUT2D eigenvalue weighted by Crippen LogP contribution is -2.49. The highest BCUT2D eigenvalue weighted by Crippen LogP contribution is 2.19. The van der Waals surface area contributed by atoms with Gasteiger partial charge in [-0.25, -0.2) is 9.37 Å². The molecule has 1 fully saturated rings. The van der Waals surface area contributed by atoms with Crippen LogP contribution in [0.25, 0.3) is 0 Å². The number of hydrogen-bond donors (Lipinski definition) is 0. The Bertz CT molecular complexity index is 698. The quantitative estimate of drug-likeness (QED) is 0.871. The zero-order valence-corrected chi connectivity index (χ0v) is 13.1. The molecule has 0 unspecified atom stereocenters. The van der Waals surface area contributed by atoms with E-state index in [2.05, 4.69) is 9.97 Å². The molecule has 0 saturated carbocycles. The normalized spacial score (nSPS) is 14.9. The van der Waals surface area contributed by atoms with Crippen molar-refractivity contribution in [2.24, 2.45) is 0 Å². The van der Waals surface area contributed by atoms with Gasteiger partial charge in [-0.15, -0.1) is 0 Å². The second kappa shape index (κ2) is 6.73. The van der Waals surface area contributed by atoms with Crippen molar-refractivity contribution in [1.29, 1.82) is 0 Å². The number of halogens is 1. The number of carbonyl (C=O) groups excluding carboxylic acids is 1. The molecule has 1 amide bonds. The Morgan fingerprint density at radius 2 is 2.00 bits per heavy atom.